The molecule has 88 valence electrons. The van der Waals surface area contributed by atoms with E-state index in [0.717, 1.165) is 0 Å². The molecule has 0 aromatic carbocycles. The number of esters is 2. The Labute approximate surface area is 89.4 Å². The zero-order valence-electron chi connectivity index (χ0n) is 9.52. The minimum absolute atomic E-state index is 0.322. The van der Waals surface area contributed by atoms with Crippen molar-refractivity contribution >= 4 is 11.9 Å². The number of carbonyl (C=O) groups is 2. The second-order valence-corrected chi connectivity index (χ2v) is 3.80. The molecule has 0 aliphatic rings. The van der Waals surface area contributed by atoms with E-state index in [-0.39, 0.29) is 11.8 Å². The second kappa shape index (κ2) is 6.40. The normalized spacial score (nSPS) is 10.9. The molecule has 0 bridgehead atoms. The monoisotopic (exact) mass is 218 g/mol. The fraction of sp³-hybridized carbons (Fsp3) is 0.800. The summed E-state index contributed by atoms with van der Waals surface area (Å²) in [7, 11) is 0. The van der Waals surface area contributed by atoms with Crippen molar-refractivity contribution in [1.29, 1.82) is 0 Å². The van der Waals surface area contributed by atoms with E-state index in [1.54, 1.807) is 27.7 Å². The van der Waals surface area contributed by atoms with Gasteiger partial charge in [0.15, 0.2) is 0 Å². The van der Waals surface area contributed by atoms with Crippen molar-refractivity contribution in [3.8, 4) is 0 Å². The van der Waals surface area contributed by atoms with Crippen LogP contribution in [0.25, 0.3) is 0 Å². The van der Waals surface area contributed by atoms with E-state index in [1.165, 1.54) is 0 Å². The Bertz CT molecular complexity index is 200. The van der Waals surface area contributed by atoms with Crippen LogP contribution in [0, 0.1) is 11.8 Å². The molecule has 0 heterocycles. The maximum atomic E-state index is 11.1. The number of hydrogen-bond acceptors (Lipinski definition) is 5. The van der Waals surface area contributed by atoms with E-state index >= 15 is 0 Å². The van der Waals surface area contributed by atoms with Crippen molar-refractivity contribution in [2.75, 3.05) is 6.61 Å². The first-order chi connectivity index (χ1) is 6.88. The van der Waals surface area contributed by atoms with Crippen LogP contribution in [0.2, 0.25) is 0 Å². The highest BCUT2D eigenvalue weighted by molar-refractivity contribution is 5.73. The second-order valence-electron chi connectivity index (χ2n) is 3.80. The molecule has 0 aromatic heterocycles. The summed E-state index contributed by atoms with van der Waals surface area (Å²) in [5.41, 5.74) is 0. The quantitative estimate of drug-likeness (QED) is 0.543. The first-order valence-electron chi connectivity index (χ1n) is 4.90. The fourth-order valence-corrected chi connectivity index (χ4v) is 0.630. The molecule has 0 amide bonds. The van der Waals surface area contributed by atoms with Crippen LogP contribution in [0.1, 0.15) is 27.7 Å². The minimum Gasteiger partial charge on any atom is -0.422 e. The molecule has 0 spiro atoms. The predicted octanol–water partition coefficient (Wildman–Crippen LogP) is 0.703. The van der Waals surface area contributed by atoms with Gasteiger partial charge in [0.2, 0.25) is 0 Å². The molecule has 0 aliphatic heterocycles. The van der Waals surface area contributed by atoms with Crippen LogP contribution in [0.3, 0.4) is 0 Å². The molecule has 15 heavy (non-hydrogen) atoms. The van der Waals surface area contributed by atoms with Crippen LogP contribution in [0.5, 0.6) is 0 Å². The van der Waals surface area contributed by atoms with Crippen LogP contribution in [-0.2, 0) is 19.1 Å². The summed E-state index contributed by atoms with van der Waals surface area (Å²) in [6.45, 7) is 6.08. The molecular formula is C10H18O5. The average molecular weight is 218 g/mol. The summed E-state index contributed by atoms with van der Waals surface area (Å²) in [5, 5.41) is 8.83. The van der Waals surface area contributed by atoms with E-state index < -0.39 is 24.8 Å². The Morgan fingerprint density at radius 3 is 1.53 bits per heavy atom. The number of aliphatic hydroxyl groups is 1. The van der Waals surface area contributed by atoms with Gasteiger partial charge in [-0.1, -0.05) is 27.7 Å². The van der Waals surface area contributed by atoms with Gasteiger partial charge in [0.05, 0.1) is 11.8 Å². The molecule has 0 radical (unpaired) electrons. The fourth-order valence-electron chi connectivity index (χ4n) is 0.630. The van der Waals surface area contributed by atoms with Gasteiger partial charge in [-0.2, -0.15) is 0 Å². The third-order valence-corrected chi connectivity index (χ3v) is 1.59. The number of ether oxygens (including phenoxy) is 2. The summed E-state index contributed by atoms with van der Waals surface area (Å²) in [4.78, 5) is 22.3. The van der Waals surface area contributed by atoms with Crippen LogP contribution in [0.15, 0.2) is 0 Å². The number of carbonyl (C=O) groups excluding carboxylic acids is 2. The van der Waals surface area contributed by atoms with Gasteiger partial charge in [-0.15, -0.1) is 0 Å². The highest BCUT2D eigenvalue weighted by Gasteiger charge is 2.21. The first-order valence-corrected chi connectivity index (χ1v) is 4.90. The lowest BCUT2D eigenvalue weighted by Crippen LogP contribution is -2.31. The van der Waals surface area contributed by atoms with E-state index in [9.17, 15) is 9.59 Å². The Kier molecular flexibility index (Phi) is 5.93. The number of aliphatic hydroxyl groups excluding tert-OH is 1. The number of hydrogen-bond donors (Lipinski definition) is 1. The van der Waals surface area contributed by atoms with Crippen LogP contribution in [0.4, 0.5) is 0 Å². The summed E-state index contributed by atoms with van der Waals surface area (Å²) in [6.07, 6.45) is -1.20. The summed E-state index contributed by atoms with van der Waals surface area (Å²) in [5.74, 6) is -1.66. The van der Waals surface area contributed by atoms with E-state index in [0.29, 0.717) is 0 Å². The third-order valence-electron chi connectivity index (χ3n) is 1.59. The van der Waals surface area contributed by atoms with Crippen molar-refractivity contribution in [3.63, 3.8) is 0 Å². The Morgan fingerprint density at radius 1 is 1.00 bits per heavy atom. The molecule has 5 heteroatoms. The molecule has 0 aliphatic carbocycles. The van der Waals surface area contributed by atoms with Gasteiger partial charge < -0.3 is 14.6 Å². The highest BCUT2D eigenvalue weighted by Crippen LogP contribution is 2.05. The van der Waals surface area contributed by atoms with E-state index in [2.05, 4.69) is 0 Å². The van der Waals surface area contributed by atoms with Crippen molar-refractivity contribution in [3.05, 3.63) is 0 Å². The van der Waals surface area contributed by atoms with Crippen LogP contribution < -0.4 is 0 Å². The topological polar surface area (TPSA) is 72.8 Å². The maximum Gasteiger partial charge on any atom is 0.311 e. The zero-order chi connectivity index (χ0) is 12.0. The summed E-state index contributed by atoms with van der Waals surface area (Å²) >= 11 is 0. The van der Waals surface area contributed by atoms with Crippen molar-refractivity contribution < 1.29 is 24.2 Å². The molecule has 0 rings (SSSR count). The molecule has 0 fully saturated rings. The standard InChI is InChI=1S/C10H18O5/c1-6(2)9(12)14-8(5-11)15-10(13)7(3)4/h6-8,11H,5H2,1-4H3. The van der Waals surface area contributed by atoms with Gasteiger partial charge in [0.1, 0.15) is 6.61 Å². The smallest absolute Gasteiger partial charge is 0.311 e. The first kappa shape index (κ1) is 13.9. The molecule has 1 N–H and O–H groups in total. The Hall–Kier alpha value is -1.10. The minimum atomic E-state index is -1.20. The van der Waals surface area contributed by atoms with Gasteiger partial charge in [0, 0.05) is 0 Å². The average Bonchev–Trinajstić information content (AvgIpc) is 2.15. The molecule has 5 nitrogen and oxygen atoms in total. The van der Waals surface area contributed by atoms with Gasteiger partial charge in [0.25, 0.3) is 6.29 Å². The summed E-state index contributed by atoms with van der Waals surface area (Å²) in [6, 6.07) is 0. The van der Waals surface area contributed by atoms with Crippen molar-refractivity contribution in [2.45, 2.75) is 34.0 Å². The van der Waals surface area contributed by atoms with Gasteiger partial charge in [-0.05, 0) is 0 Å². The summed E-state index contributed by atoms with van der Waals surface area (Å²) < 4.78 is 9.50. The van der Waals surface area contributed by atoms with Gasteiger partial charge in [-0.25, -0.2) is 0 Å². The van der Waals surface area contributed by atoms with E-state index in [1.807, 2.05) is 0 Å². The van der Waals surface area contributed by atoms with Crippen molar-refractivity contribution in [1.82, 2.24) is 0 Å². The molecule has 0 atom stereocenters. The highest BCUT2D eigenvalue weighted by atomic mass is 16.7. The SMILES string of the molecule is CC(C)C(=O)OC(CO)OC(=O)C(C)C. The van der Waals surface area contributed by atoms with Crippen molar-refractivity contribution in [2.24, 2.45) is 11.8 Å². The molecule has 0 saturated carbocycles. The predicted molar refractivity (Wildman–Crippen MR) is 52.7 cm³/mol. The number of rotatable bonds is 5. The lowest BCUT2D eigenvalue weighted by Gasteiger charge is -2.18. The third kappa shape index (κ3) is 5.37. The molecule has 0 saturated heterocycles. The Morgan fingerprint density at radius 2 is 1.33 bits per heavy atom. The van der Waals surface area contributed by atoms with Crippen LogP contribution >= 0.6 is 0 Å². The lowest BCUT2D eigenvalue weighted by molar-refractivity contribution is -0.198. The Balaban J connectivity index is 4.15. The van der Waals surface area contributed by atoms with Crippen LogP contribution in [-0.4, -0.2) is 29.9 Å². The lowest BCUT2D eigenvalue weighted by atomic mass is 10.2. The molecular weight excluding hydrogens is 200 g/mol. The largest absolute Gasteiger partial charge is 0.422 e. The molecule has 0 unspecified atom stereocenters. The molecule has 0 aromatic rings. The van der Waals surface area contributed by atoms with E-state index in [4.69, 9.17) is 14.6 Å². The zero-order valence-corrected chi connectivity index (χ0v) is 9.52. The van der Waals surface area contributed by atoms with Gasteiger partial charge in [-0.3, -0.25) is 9.59 Å². The maximum absolute atomic E-state index is 11.1. The van der Waals surface area contributed by atoms with Gasteiger partial charge >= 0.3 is 11.9 Å².